The summed E-state index contributed by atoms with van der Waals surface area (Å²) in [7, 11) is 1.76. The second-order valence-electron chi connectivity index (χ2n) is 4.88. The summed E-state index contributed by atoms with van der Waals surface area (Å²) < 4.78 is 7.05. The highest BCUT2D eigenvalue weighted by molar-refractivity contribution is 5.37. The first-order valence-electron chi connectivity index (χ1n) is 6.90. The number of nitrogens with zero attached hydrogens (tertiary/aromatic N) is 6. The molecule has 2 N–H and O–H groups in total. The molecule has 3 heterocycles. The Morgan fingerprint density at radius 3 is 2.86 bits per heavy atom. The number of hydrogen-bond acceptors (Lipinski definition) is 8. The van der Waals surface area contributed by atoms with Gasteiger partial charge in [-0.1, -0.05) is 0 Å². The van der Waals surface area contributed by atoms with Gasteiger partial charge in [-0.3, -0.25) is 0 Å². The van der Waals surface area contributed by atoms with E-state index in [1.165, 1.54) is 11.0 Å². The zero-order valence-corrected chi connectivity index (χ0v) is 12.0. The number of hydrogen-bond donors (Lipinski definition) is 2. The summed E-state index contributed by atoms with van der Waals surface area (Å²) in [4.78, 5) is 16.8. The lowest BCUT2D eigenvalue weighted by Gasteiger charge is -2.15. The highest BCUT2D eigenvalue weighted by atomic mass is 16.5. The zero-order valence-electron chi connectivity index (χ0n) is 12.0. The van der Waals surface area contributed by atoms with Crippen LogP contribution in [0.5, 0.6) is 0 Å². The molecule has 0 aliphatic carbocycles. The van der Waals surface area contributed by atoms with Crippen LogP contribution in [-0.4, -0.2) is 56.0 Å². The molecule has 3 rings (SSSR count). The first kappa shape index (κ1) is 13.7. The van der Waals surface area contributed by atoms with Gasteiger partial charge in [0.2, 0.25) is 11.9 Å². The van der Waals surface area contributed by atoms with Gasteiger partial charge in [0.05, 0.1) is 6.10 Å². The van der Waals surface area contributed by atoms with Crippen LogP contribution in [0.3, 0.4) is 0 Å². The molecule has 1 fully saturated rings. The van der Waals surface area contributed by atoms with Crippen molar-refractivity contribution in [2.45, 2.75) is 19.4 Å². The highest BCUT2D eigenvalue weighted by Crippen LogP contribution is 2.20. The maximum Gasteiger partial charge on any atom is 0.258 e. The third-order valence-corrected chi connectivity index (χ3v) is 3.53. The number of anilines is 2. The number of aromatic nitrogens is 6. The Morgan fingerprint density at radius 1 is 1.33 bits per heavy atom. The van der Waals surface area contributed by atoms with Crippen LogP contribution < -0.4 is 10.6 Å². The van der Waals surface area contributed by atoms with Crippen LogP contribution in [-0.2, 0) is 4.74 Å². The van der Waals surface area contributed by atoms with Crippen LogP contribution in [0.4, 0.5) is 11.9 Å². The summed E-state index contributed by atoms with van der Waals surface area (Å²) in [5.74, 6) is 1.88. The molecule has 2 atom stereocenters. The van der Waals surface area contributed by atoms with Gasteiger partial charge in [-0.2, -0.15) is 24.7 Å². The molecular weight excluding hydrogens is 272 g/mol. The molecule has 2 aromatic rings. The fourth-order valence-electron chi connectivity index (χ4n) is 2.24. The van der Waals surface area contributed by atoms with Gasteiger partial charge in [0.15, 0.2) is 0 Å². The number of nitrogens with one attached hydrogen (secondary N) is 2. The molecule has 9 nitrogen and oxygen atoms in total. The maximum absolute atomic E-state index is 5.55. The van der Waals surface area contributed by atoms with Crippen molar-refractivity contribution in [3.63, 3.8) is 0 Å². The minimum atomic E-state index is 0.262. The second kappa shape index (κ2) is 6.00. The summed E-state index contributed by atoms with van der Waals surface area (Å²) in [6.07, 6.45) is 4.30. The lowest BCUT2D eigenvalue weighted by atomic mass is 10.0. The minimum Gasteiger partial charge on any atom is -0.378 e. The van der Waals surface area contributed by atoms with E-state index in [0.29, 0.717) is 23.8 Å². The number of ether oxygens (including phenoxy) is 1. The van der Waals surface area contributed by atoms with Crippen LogP contribution in [0, 0.1) is 5.92 Å². The first-order chi connectivity index (χ1) is 10.3. The minimum absolute atomic E-state index is 0.262. The zero-order chi connectivity index (χ0) is 14.7. The Hall–Kier alpha value is -2.29. The van der Waals surface area contributed by atoms with E-state index in [9.17, 15) is 0 Å². The molecule has 1 aliphatic rings. The predicted octanol–water partition coefficient (Wildman–Crippen LogP) is 0.331. The van der Waals surface area contributed by atoms with E-state index in [2.05, 4.69) is 42.6 Å². The van der Waals surface area contributed by atoms with Gasteiger partial charge in [0.1, 0.15) is 12.7 Å². The van der Waals surface area contributed by atoms with E-state index >= 15 is 0 Å². The summed E-state index contributed by atoms with van der Waals surface area (Å²) in [5, 5.41) is 10.2. The monoisotopic (exact) mass is 290 g/mol. The molecule has 0 spiro atoms. The summed E-state index contributed by atoms with van der Waals surface area (Å²) >= 11 is 0. The van der Waals surface area contributed by atoms with E-state index in [1.807, 2.05) is 0 Å². The fraction of sp³-hybridized carbons (Fsp3) is 0.583. The standard InChI is InChI=1S/C12H18N8O/c1-8-9(3-4-21-8)5-15-11-17-10(13-2)18-12(19-11)20-7-14-6-16-20/h6-9H,3-5H2,1-2H3,(H2,13,15,17,18,19). The Kier molecular flexibility index (Phi) is 3.91. The van der Waals surface area contributed by atoms with Crippen LogP contribution in [0.1, 0.15) is 13.3 Å². The van der Waals surface area contributed by atoms with Crippen LogP contribution >= 0.6 is 0 Å². The molecule has 9 heteroatoms. The first-order valence-corrected chi connectivity index (χ1v) is 6.90. The largest absolute Gasteiger partial charge is 0.378 e. The third-order valence-electron chi connectivity index (χ3n) is 3.53. The Balaban J connectivity index is 1.76. The third kappa shape index (κ3) is 3.07. The van der Waals surface area contributed by atoms with Crippen LogP contribution in [0.2, 0.25) is 0 Å². The molecule has 1 saturated heterocycles. The SMILES string of the molecule is CNc1nc(NCC2CCOC2C)nc(-n2cncn2)n1. The van der Waals surface area contributed by atoms with E-state index in [1.54, 1.807) is 13.4 Å². The van der Waals surface area contributed by atoms with E-state index in [0.717, 1.165) is 19.6 Å². The van der Waals surface area contributed by atoms with Gasteiger partial charge in [0, 0.05) is 26.1 Å². The van der Waals surface area contributed by atoms with Crippen molar-refractivity contribution in [3.8, 4) is 5.95 Å². The van der Waals surface area contributed by atoms with Crippen molar-refractivity contribution in [2.75, 3.05) is 30.8 Å². The van der Waals surface area contributed by atoms with Crippen molar-refractivity contribution >= 4 is 11.9 Å². The Morgan fingerprint density at radius 2 is 2.19 bits per heavy atom. The van der Waals surface area contributed by atoms with Crippen LogP contribution in [0.25, 0.3) is 5.95 Å². The average Bonchev–Trinajstić information content (AvgIpc) is 3.16. The Labute approximate surface area is 122 Å². The van der Waals surface area contributed by atoms with Crippen molar-refractivity contribution in [3.05, 3.63) is 12.7 Å². The van der Waals surface area contributed by atoms with Gasteiger partial charge >= 0.3 is 0 Å². The summed E-state index contributed by atoms with van der Waals surface area (Å²) in [6.45, 7) is 3.68. The molecule has 2 aromatic heterocycles. The van der Waals surface area contributed by atoms with Crippen molar-refractivity contribution in [1.29, 1.82) is 0 Å². The molecule has 0 aromatic carbocycles. The van der Waals surface area contributed by atoms with Gasteiger partial charge < -0.3 is 15.4 Å². The molecule has 0 bridgehead atoms. The normalized spacial score (nSPS) is 21.4. The van der Waals surface area contributed by atoms with E-state index in [4.69, 9.17) is 4.74 Å². The molecule has 21 heavy (non-hydrogen) atoms. The van der Waals surface area contributed by atoms with Gasteiger partial charge in [-0.25, -0.2) is 4.98 Å². The highest BCUT2D eigenvalue weighted by Gasteiger charge is 2.24. The molecule has 112 valence electrons. The van der Waals surface area contributed by atoms with Crippen molar-refractivity contribution < 1.29 is 4.74 Å². The average molecular weight is 290 g/mol. The lowest BCUT2D eigenvalue weighted by Crippen LogP contribution is -2.22. The van der Waals surface area contributed by atoms with Crippen LogP contribution in [0.15, 0.2) is 12.7 Å². The maximum atomic E-state index is 5.55. The molecule has 2 unspecified atom stereocenters. The summed E-state index contributed by atoms with van der Waals surface area (Å²) in [5.41, 5.74) is 0. The molecule has 0 radical (unpaired) electrons. The van der Waals surface area contributed by atoms with Crippen molar-refractivity contribution in [2.24, 2.45) is 5.92 Å². The second-order valence-corrected chi connectivity index (χ2v) is 4.88. The smallest absolute Gasteiger partial charge is 0.258 e. The van der Waals surface area contributed by atoms with Gasteiger partial charge in [-0.05, 0) is 13.3 Å². The van der Waals surface area contributed by atoms with Gasteiger partial charge in [0.25, 0.3) is 5.95 Å². The van der Waals surface area contributed by atoms with Gasteiger partial charge in [-0.15, -0.1) is 0 Å². The Bertz CT molecular complexity index is 587. The fourth-order valence-corrected chi connectivity index (χ4v) is 2.24. The lowest BCUT2D eigenvalue weighted by molar-refractivity contribution is 0.108. The topological polar surface area (TPSA) is 103 Å². The van der Waals surface area contributed by atoms with Crippen molar-refractivity contribution in [1.82, 2.24) is 29.7 Å². The van der Waals surface area contributed by atoms with E-state index in [-0.39, 0.29) is 6.10 Å². The predicted molar refractivity (Wildman–Crippen MR) is 76.3 cm³/mol. The molecule has 0 amide bonds. The molecule has 1 aliphatic heterocycles. The molecular formula is C12H18N8O. The van der Waals surface area contributed by atoms with E-state index < -0.39 is 0 Å². The summed E-state index contributed by atoms with van der Waals surface area (Å²) in [6, 6.07) is 0. The molecule has 0 saturated carbocycles. The number of rotatable bonds is 5. The quantitative estimate of drug-likeness (QED) is 0.812.